The molecule has 8 heteroatoms. The minimum atomic E-state index is -0.470. The third-order valence-corrected chi connectivity index (χ3v) is 4.23. The SMILES string of the molecule is CCOC(=O)CCN(CCN(C)C)C(=O)CN1C(=O)c2ccccc2C1=O. The van der Waals surface area contributed by atoms with E-state index in [0.29, 0.717) is 24.2 Å². The highest BCUT2D eigenvalue weighted by atomic mass is 16.5. The molecule has 0 aromatic heterocycles. The maximum atomic E-state index is 12.7. The highest BCUT2D eigenvalue weighted by Gasteiger charge is 2.37. The Morgan fingerprint density at radius 1 is 1.00 bits per heavy atom. The number of hydrogen-bond acceptors (Lipinski definition) is 6. The number of nitrogens with zero attached hydrogens (tertiary/aromatic N) is 3. The largest absolute Gasteiger partial charge is 0.466 e. The minimum absolute atomic E-state index is 0.0646. The van der Waals surface area contributed by atoms with E-state index in [4.69, 9.17) is 4.74 Å². The molecular formula is C19H25N3O5. The lowest BCUT2D eigenvalue weighted by atomic mass is 10.1. The number of benzene rings is 1. The van der Waals surface area contributed by atoms with Gasteiger partial charge in [0.15, 0.2) is 0 Å². The zero-order valence-corrected chi connectivity index (χ0v) is 15.9. The molecule has 146 valence electrons. The van der Waals surface area contributed by atoms with Crippen LogP contribution in [0.3, 0.4) is 0 Å². The number of imide groups is 1. The molecule has 3 amide bonds. The molecule has 1 heterocycles. The second-order valence-corrected chi connectivity index (χ2v) is 6.48. The number of likely N-dealkylation sites (N-methyl/N-ethyl adjacent to an activating group) is 1. The van der Waals surface area contributed by atoms with Crippen molar-refractivity contribution in [2.45, 2.75) is 13.3 Å². The van der Waals surface area contributed by atoms with E-state index < -0.39 is 11.8 Å². The quantitative estimate of drug-likeness (QED) is 0.465. The Labute approximate surface area is 158 Å². The van der Waals surface area contributed by atoms with E-state index in [-0.39, 0.29) is 38.0 Å². The van der Waals surface area contributed by atoms with Crippen molar-refractivity contribution in [2.24, 2.45) is 0 Å². The van der Waals surface area contributed by atoms with Gasteiger partial charge in [-0.1, -0.05) is 12.1 Å². The number of ether oxygens (including phenoxy) is 1. The third-order valence-electron chi connectivity index (χ3n) is 4.23. The Morgan fingerprint density at radius 2 is 1.59 bits per heavy atom. The van der Waals surface area contributed by atoms with Gasteiger partial charge in [-0.3, -0.25) is 24.1 Å². The Morgan fingerprint density at radius 3 is 2.11 bits per heavy atom. The predicted molar refractivity (Wildman–Crippen MR) is 98.2 cm³/mol. The van der Waals surface area contributed by atoms with Gasteiger partial charge in [0.05, 0.1) is 24.2 Å². The van der Waals surface area contributed by atoms with E-state index in [1.807, 2.05) is 19.0 Å². The standard InChI is InChI=1S/C19H25N3O5/c1-4-27-17(24)9-10-21(12-11-20(2)3)16(23)13-22-18(25)14-7-5-6-8-15(14)19(22)26/h5-8H,4,9-13H2,1-3H3. The summed E-state index contributed by atoms with van der Waals surface area (Å²) in [6.45, 7) is 2.80. The molecule has 0 aliphatic carbocycles. The molecule has 0 saturated heterocycles. The third kappa shape index (κ3) is 5.13. The first kappa shape index (κ1) is 20.6. The normalized spacial score (nSPS) is 13.1. The molecule has 1 aromatic rings. The van der Waals surface area contributed by atoms with Crippen molar-refractivity contribution >= 4 is 23.7 Å². The van der Waals surface area contributed by atoms with Crippen LogP contribution in [0.15, 0.2) is 24.3 Å². The van der Waals surface area contributed by atoms with E-state index in [1.54, 1.807) is 31.2 Å². The number of amides is 3. The fourth-order valence-corrected chi connectivity index (χ4v) is 2.76. The van der Waals surface area contributed by atoms with E-state index in [1.165, 1.54) is 4.90 Å². The average Bonchev–Trinajstić information content (AvgIpc) is 2.87. The molecule has 0 N–H and O–H groups in total. The fourth-order valence-electron chi connectivity index (χ4n) is 2.76. The summed E-state index contributed by atoms with van der Waals surface area (Å²) in [6.07, 6.45) is 0.0646. The monoisotopic (exact) mass is 375 g/mol. The Kier molecular flexibility index (Phi) is 7.06. The van der Waals surface area contributed by atoms with Gasteiger partial charge in [-0.25, -0.2) is 0 Å². The highest BCUT2D eigenvalue weighted by Crippen LogP contribution is 2.22. The summed E-state index contributed by atoms with van der Waals surface area (Å²) in [5.74, 6) is -1.71. The van der Waals surface area contributed by atoms with E-state index in [0.717, 1.165) is 4.90 Å². The summed E-state index contributed by atoms with van der Waals surface area (Å²) in [5, 5.41) is 0. The van der Waals surface area contributed by atoms with Gasteiger partial charge in [0.2, 0.25) is 5.91 Å². The van der Waals surface area contributed by atoms with Gasteiger partial charge in [0.25, 0.3) is 11.8 Å². The number of esters is 1. The van der Waals surface area contributed by atoms with E-state index >= 15 is 0 Å². The first-order valence-corrected chi connectivity index (χ1v) is 8.88. The summed E-state index contributed by atoms with van der Waals surface area (Å²) in [5.41, 5.74) is 0.614. The van der Waals surface area contributed by atoms with Crippen LogP contribution in [-0.2, 0) is 14.3 Å². The second kappa shape index (κ2) is 9.27. The summed E-state index contributed by atoms with van der Waals surface area (Å²) in [7, 11) is 3.75. The van der Waals surface area contributed by atoms with Crippen molar-refractivity contribution < 1.29 is 23.9 Å². The molecule has 2 rings (SSSR count). The van der Waals surface area contributed by atoms with Crippen molar-refractivity contribution in [3.63, 3.8) is 0 Å². The highest BCUT2D eigenvalue weighted by molar-refractivity contribution is 6.22. The molecule has 1 aliphatic rings. The molecule has 1 aliphatic heterocycles. The van der Waals surface area contributed by atoms with Crippen molar-refractivity contribution in [3.8, 4) is 0 Å². The molecule has 0 saturated carbocycles. The number of fused-ring (bicyclic) bond motifs is 1. The molecular weight excluding hydrogens is 350 g/mol. The van der Waals surface area contributed by atoms with Gasteiger partial charge in [0, 0.05) is 19.6 Å². The minimum Gasteiger partial charge on any atom is -0.466 e. The Hall–Kier alpha value is -2.74. The summed E-state index contributed by atoms with van der Waals surface area (Å²) >= 11 is 0. The molecule has 0 bridgehead atoms. The lowest BCUT2D eigenvalue weighted by molar-refractivity contribution is -0.144. The number of carbonyl (C=O) groups is 4. The predicted octanol–water partition coefficient (Wildman–Crippen LogP) is 0.626. The van der Waals surface area contributed by atoms with Gasteiger partial charge < -0.3 is 14.5 Å². The van der Waals surface area contributed by atoms with Crippen LogP contribution in [0.4, 0.5) is 0 Å². The lowest BCUT2D eigenvalue weighted by Gasteiger charge is -2.26. The molecule has 27 heavy (non-hydrogen) atoms. The van der Waals surface area contributed by atoms with Crippen LogP contribution < -0.4 is 0 Å². The molecule has 0 spiro atoms. The Balaban J connectivity index is 2.05. The maximum Gasteiger partial charge on any atom is 0.307 e. The maximum absolute atomic E-state index is 12.7. The first-order valence-electron chi connectivity index (χ1n) is 8.88. The van der Waals surface area contributed by atoms with Crippen LogP contribution in [0.1, 0.15) is 34.1 Å². The number of rotatable bonds is 9. The van der Waals surface area contributed by atoms with Crippen LogP contribution in [0.2, 0.25) is 0 Å². The molecule has 0 radical (unpaired) electrons. The topological polar surface area (TPSA) is 87.2 Å². The zero-order valence-electron chi connectivity index (χ0n) is 15.9. The second-order valence-electron chi connectivity index (χ2n) is 6.48. The van der Waals surface area contributed by atoms with Gasteiger partial charge in [-0.2, -0.15) is 0 Å². The molecule has 0 atom stereocenters. The fraction of sp³-hybridized carbons (Fsp3) is 0.474. The smallest absolute Gasteiger partial charge is 0.307 e. The summed E-state index contributed by atoms with van der Waals surface area (Å²) in [4.78, 5) is 53.6. The van der Waals surface area contributed by atoms with Crippen molar-refractivity contribution in [2.75, 3.05) is 46.9 Å². The molecule has 0 unspecified atom stereocenters. The molecule has 1 aromatic carbocycles. The van der Waals surface area contributed by atoms with Gasteiger partial charge in [-0.05, 0) is 33.2 Å². The van der Waals surface area contributed by atoms with Crippen LogP contribution in [0, 0.1) is 0 Å². The number of hydrogen-bond donors (Lipinski definition) is 0. The number of carbonyl (C=O) groups excluding carboxylic acids is 4. The lowest BCUT2D eigenvalue weighted by Crippen LogP contribution is -2.45. The van der Waals surface area contributed by atoms with E-state index in [9.17, 15) is 19.2 Å². The van der Waals surface area contributed by atoms with Crippen LogP contribution >= 0.6 is 0 Å². The van der Waals surface area contributed by atoms with Crippen LogP contribution in [0.25, 0.3) is 0 Å². The van der Waals surface area contributed by atoms with Crippen LogP contribution in [0.5, 0.6) is 0 Å². The zero-order chi connectivity index (χ0) is 20.0. The Bertz CT molecular complexity index is 697. The van der Waals surface area contributed by atoms with Gasteiger partial charge >= 0.3 is 5.97 Å². The first-order chi connectivity index (χ1) is 12.8. The van der Waals surface area contributed by atoms with Gasteiger partial charge in [0.1, 0.15) is 6.54 Å². The van der Waals surface area contributed by atoms with E-state index in [2.05, 4.69) is 0 Å². The average molecular weight is 375 g/mol. The molecule has 0 fully saturated rings. The summed E-state index contributed by atoms with van der Waals surface area (Å²) < 4.78 is 4.90. The van der Waals surface area contributed by atoms with Gasteiger partial charge in [-0.15, -0.1) is 0 Å². The van der Waals surface area contributed by atoms with Crippen LogP contribution in [-0.4, -0.2) is 85.3 Å². The molecule has 8 nitrogen and oxygen atoms in total. The van der Waals surface area contributed by atoms with Crippen molar-refractivity contribution in [3.05, 3.63) is 35.4 Å². The summed E-state index contributed by atoms with van der Waals surface area (Å²) in [6, 6.07) is 6.51. The van der Waals surface area contributed by atoms with Crippen molar-refractivity contribution in [1.29, 1.82) is 0 Å². The van der Waals surface area contributed by atoms with Crippen molar-refractivity contribution in [1.82, 2.24) is 14.7 Å².